The van der Waals surface area contributed by atoms with Gasteiger partial charge in [0.25, 0.3) is 17.7 Å². The zero-order valence-electron chi connectivity index (χ0n) is 42.4. The molecule has 1 unspecified atom stereocenters. The van der Waals surface area contributed by atoms with Crippen LogP contribution in [0.5, 0.6) is 0 Å². The van der Waals surface area contributed by atoms with Crippen molar-refractivity contribution < 1.29 is 60.9 Å². The fourth-order valence-electron chi connectivity index (χ4n) is 10.1. The first-order valence-corrected chi connectivity index (χ1v) is 25.8. The molecule has 6 N–H and O–H groups in total. The number of nitrogens with zero attached hydrogens (tertiary/aromatic N) is 6. The van der Waals surface area contributed by atoms with E-state index in [-0.39, 0.29) is 124 Å². The van der Waals surface area contributed by atoms with E-state index in [0.29, 0.717) is 48.3 Å². The van der Waals surface area contributed by atoms with Gasteiger partial charge in [-0.2, -0.15) is 18.3 Å². The second-order valence-electron chi connectivity index (χ2n) is 19.2. The highest BCUT2D eigenvalue weighted by molar-refractivity contribution is 6.25. The number of nitrogens with two attached hydrogens (primary N) is 1. The van der Waals surface area contributed by atoms with Crippen LogP contribution in [0.15, 0.2) is 73.1 Å². The number of nitrogens with one attached hydrogen (secondary N) is 4. The fourth-order valence-corrected chi connectivity index (χ4v) is 10.1. The van der Waals surface area contributed by atoms with Crippen LogP contribution in [0.1, 0.15) is 106 Å². The highest BCUT2D eigenvalue weighted by Gasteiger charge is 2.45. The Bertz CT molecular complexity index is 3130. The number of pyridine rings is 2. The lowest BCUT2D eigenvalue weighted by molar-refractivity contribution is -0.138. The van der Waals surface area contributed by atoms with Gasteiger partial charge in [0.2, 0.25) is 23.6 Å². The van der Waals surface area contributed by atoms with Crippen molar-refractivity contribution >= 4 is 75.7 Å². The van der Waals surface area contributed by atoms with Crippen molar-refractivity contribution in [2.45, 2.75) is 82.1 Å². The second kappa shape index (κ2) is 24.5. The monoisotopic (exact) mass is 1080 g/mol. The number of rotatable bonds is 17. The van der Waals surface area contributed by atoms with E-state index in [1.807, 2.05) is 16.8 Å². The van der Waals surface area contributed by atoms with Crippen molar-refractivity contribution in [1.82, 2.24) is 40.2 Å². The number of alkyl halides is 3. The van der Waals surface area contributed by atoms with Crippen molar-refractivity contribution in [2.75, 3.05) is 75.6 Å². The molecule has 4 aliphatic rings. The Morgan fingerprint density at radius 3 is 2.38 bits per heavy atom. The van der Waals surface area contributed by atoms with Crippen LogP contribution < -0.4 is 27.0 Å². The van der Waals surface area contributed by atoms with E-state index in [2.05, 4.69) is 31.2 Å². The molecule has 5 aromatic rings. The lowest BCUT2D eigenvalue weighted by Gasteiger charge is -2.31. The largest absolute Gasteiger partial charge is 0.416 e. The van der Waals surface area contributed by atoms with E-state index in [1.54, 1.807) is 35.4 Å². The summed E-state index contributed by atoms with van der Waals surface area (Å²) in [4.78, 5) is 102. The summed E-state index contributed by atoms with van der Waals surface area (Å²) in [6.07, 6.45) is 5.62. The molecule has 78 heavy (non-hydrogen) atoms. The molecular formula is C54H58F3N11O10. The minimum Gasteiger partial charge on any atom is -0.383 e. The number of ether oxygens (including phenoxy) is 3. The van der Waals surface area contributed by atoms with Crippen molar-refractivity contribution in [1.29, 1.82) is 0 Å². The Hall–Kier alpha value is -8.09. The number of anilines is 3. The average Bonchev–Trinajstić information content (AvgIpc) is 4.18. The maximum absolute atomic E-state index is 13.6. The number of aromatic nitrogens is 4. The molecular weight excluding hydrogens is 1020 g/mol. The molecule has 2 aromatic carbocycles. The molecule has 21 nitrogen and oxygen atoms in total. The lowest BCUT2D eigenvalue weighted by Crippen LogP contribution is -2.54. The number of carbonyl (C=O) groups excluding carboxylic acids is 7. The van der Waals surface area contributed by atoms with E-state index in [4.69, 9.17) is 25.0 Å². The first-order valence-electron chi connectivity index (χ1n) is 25.8. The molecule has 3 aliphatic heterocycles. The van der Waals surface area contributed by atoms with Crippen LogP contribution in [0.4, 0.5) is 30.5 Å². The Balaban J connectivity index is 0.747. The van der Waals surface area contributed by atoms with E-state index in [1.165, 1.54) is 18.2 Å². The molecule has 3 atom stereocenters. The Morgan fingerprint density at radius 1 is 0.846 bits per heavy atom. The Labute approximate surface area is 445 Å². The lowest BCUT2D eigenvalue weighted by atomic mass is 9.90. The molecule has 24 heteroatoms. The minimum atomic E-state index is -4.60. The van der Waals surface area contributed by atoms with E-state index in [9.17, 15) is 46.7 Å². The van der Waals surface area contributed by atoms with Gasteiger partial charge in [0, 0.05) is 73.3 Å². The predicted octanol–water partition coefficient (Wildman–Crippen LogP) is 5.54. The first kappa shape index (κ1) is 54.7. The number of piperidine rings is 1. The number of benzene rings is 2. The molecule has 1 saturated carbocycles. The van der Waals surface area contributed by atoms with Gasteiger partial charge >= 0.3 is 6.18 Å². The number of nitrogen functional groups attached to an aromatic ring is 1. The average molecular weight is 1080 g/mol. The van der Waals surface area contributed by atoms with Gasteiger partial charge in [0.15, 0.2) is 0 Å². The SMILES string of the molecule is Nc1ncc2c3c1c(-c1ccc(C(=O)Nc4cc(C(F)(F)F)ccn4)cc1)nn3[C@@H]1CCC[C@H](C1)NC(=O)CCN(C(=O)CCOCCOCCOCCNc1cccc3c1C(=O)N(C1CCC(=O)NC1=O)C3=O)CC/C=C/2. The summed E-state index contributed by atoms with van der Waals surface area (Å²) in [6, 6.07) is 11.5. The molecule has 1 saturated heterocycles. The summed E-state index contributed by atoms with van der Waals surface area (Å²) in [6.45, 7) is 2.32. The van der Waals surface area contributed by atoms with Crippen LogP contribution in [0, 0.1) is 0 Å². The molecule has 2 fully saturated rings. The molecule has 3 aromatic heterocycles. The summed E-state index contributed by atoms with van der Waals surface area (Å²) in [7, 11) is 0. The molecule has 1 aliphatic carbocycles. The normalized spacial score (nSPS) is 19.4. The third kappa shape index (κ3) is 12.7. The molecule has 0 radical (unpaired) electrons. The van der Waals surface area contributed by atoms with Gasteiger partial charge in [-0.25, -0.2) is 9.97 Å². The van der Waals surface area contributed by atoms with Crippen LogP contribution in [0.3, 0.4) is 0 Å². The van der Waals surface area contributed by atoms with Crippen molar-refractivity contribution in [3.63, 3.8) is 0 Å². The van der Waals surface area contributed by atoms with Crippen LogP contribution >= 0.6 is 0 Å². The standard InChI is InChI=1S/C54H58F3N11O10/c55-54(56,57)35-16-19-60-41(29-35)63-50(72)33-12-10-32(11-13-33)47-46-48-34(31-61-49(46)58)5-1-2-21-66(22-17-43(70)62-36-6-3-7-37(30-36)68(48)65-47)44(71)18-23-76-25-27-78-28-26-77-24-20-59-39-9-4-8-38-45(39)53(75)67(52(38)74)40-14-15-42(69)64-51(40)73/h1,4-5,8-13,16,19,29,31,36-37,40,59H,2-3,6-7,14-15,17-18,20-28,30H2,(H2,58,61)(H,62,70)(H,60,63,72)(H,64,69,73)/b5-1+/t36-,37-,40?/m1/s1. The Morgan fingerprint density at radius 2 is 1.62 bits per heavy atom. The number of amides is 7. The number of halogens is 3. The minimum absolute atomic E-state index is 0.0293. The van der Waals surface area contributed by atoms with Crippen molar-refractivity contribution in [3.8, 4) is 11.3 Å². The molecule has 2 bridgehead atoms. The van der Waals surface area contributed by atoms with E-state index in [0.717, 1.165) is 53.6 Å². The first-order chi connectivity index (χ1) is 37.6. The van der Waals surface area contributed by atoms with Crippen LogP contribution in [-0.4, -0.2) is 142 Å². The zero-order valence-corrected chi connectivity index (χ0v) is 42.4. The fraction of sp³-hybridized carbons (Fsp3) is 0.407. The molecule has 7 amide bonds. The van der Waals surface area contributed by atoms with Crippen molar-refractivity contribution in [2.24, 2.45) is 0 Å². The quantitative estimate of drug-likeness (QED) is 0.0566. The maximum Gasteiger partial charge on any atom is 0.416 e. The summed E-state index contributed by atoms with van der Waals surface area (Å²) in [5.74, 6) is -3.31. The van der Waals surface area contributed by atoms with Gasteiger partial charge in [-0.05, 0) is 74.9 Å². The van der Waals surface area contributed by atoms with Crippen LogP contribution in [0.25, 0.3) is 28.2 Å². The summed E-state index contributed by atoms with van der Waals surface area (Å²) in [5, 5.41) is 16.6. The van der Waals surface area contributed by atoms with E-state index < -0.39 is 47.3 Å². The third-order valence-electron chi connectivity index (χ3n) is 13.9. The highest BCUT2D eigenvalue weighted by atomic mass is 19.4. The van der Waals surface area contributed by atoms with Gasteiger partial charge in [-0.15, -0.1) is 0 Å². The topological polar surface area (TPSA) is 271 Å². The summed E-state index contributed by atoms with van der Waals surface area (Å²) < 4.78 is 58.8. The second-order valence-corrected chi connectivity index (χ2v) is 19.2. The van der Waals surface area contributed by atoms with Crippen LogP contribution in [0.2, 0.25) is 0 Å². The number of imide groups is 2. The third-order valence-corrected chi connectivity index (χ3v) is 13.9. The molecule has 9 rings (SSSR count). The van der Waals surface area contributed by atoms with Crippen molar-refractivity contribution in [3.05, 3.63) is 101 Å². The number of hydrogen-bond donors (Lipinski definition) is 5. The number of fused-ring (bicyclic) bond motifs is 4. The smallest absolute Gasteiger partial charge is 0.383 e. The Kier molecular flexibility index (Phi) is 17.2. The van der Waals surface area contributed by atoms with Gasteiger partial charge in [-0.3, -0.25) is 48.5 Å². The van der Waals surface area contributed by atoms with Gasteiger partial charge < -0.3 is 40.8 Å². The highest BCUT2D eigenvalue weighted by Crippen LogP contribution is 2.39. The maximum atomic E-state index is 13.6. The summed E-state index contributed by atoms with van der Waals surface area (Å²) in [5.41, 5.74) is 9.23. The summed E-state index contributed by atoms with van der Waals surface area (Å²) >= 11 is 0. The van der Waals surface area contributed by atoms with Gasteiger partial charge in [-0.1, -0.05) is 30.4 Å². The number of carbonyl (C=O) groups is 7. The molecule has 0 spiro atoms. The molecule has 410 valence electrons. The van der Waals surface area contributed by atoms with Crippen LogP contribution in [-0.2, 0) is 39.6 Å². The number of hydrogen-bond acceptors (Lipinski definition) is 15. The molecule has 6 heterocycles. The van der Waals surface area contributed by atoms with E-state index >= 15 is 0 Å². The van der Waals surface area contributed by atoms with Gasteiger partial charge in [0.1, 0.15) is 23.4 Å². The van der Waals surface area contributed by atoms with Gasteiger partial charge in [0.05, 0.1) is 79.7 Å². The predicted molar refractivity (Wildman–Crippen MR) is 278 cm³/mol. The zero-order chi connectivity index (χ0) is 54.9.